The molecule has 92 valence electrons. The molecule has 2 aliphatic heterocycles. The molecule has 0 aromatic carbocycles. The van der Waals surface area contributed by atoms with Crippen molar-refractivity contribution < 1.29 is 0 Å². The molecular weight excluding hydrogens is 210 g/mol. The molecule has 2 atom stereocenters. The molecule has 2 unspecified atom stereocenters. The predicted molar refractivity (Wildman–Crippen MR) is 70.3 cm³/mol. The normalized spacial score (nSPS) is 29.4. The van der Waals surface area contributed by atoms with E-state index in [1.807, 2.05) is 18.5 Å². The molecule has 3 nitrogen and oxygen atoms in total. The van der Waals surface area contributed by atoms with E-state index in [2.05, 4.69) is 27.8 Å². The smallest absolute Gasteiger partial charge is 0.0556 e. The minimum atomic E-state index is 0.661. The third-order valence-electron chi connectivity index (χ3n) is 4.24. The first-order valence-electron chi connectivity index (χ1n) is 6.79. The van der Waals surface area contributed by atoms with Gasteiger partial charge >= 0.3 is 0 Å². The molecule has 0 N–H and O–H groups in total. The second-order valence-corrected chi connectivity index (χ2v) is 5.22. The van der Waals surface area contributed by atoms with Gasteiger partial charge in [0.1, 0.15) is 0 Å². The second-order valence-electron chi connectivity index (χ2n) is 5.22. The highest BCUT2D eigenvalue weighted by molar-refractivity contribution is 5.46. The number of pyridine rings is 1. The molecule has 3 heterocycles. The standard InChI is InChI=1S/C14H21N3/c1-2-12-10-16-8-4-6-14(16)11-17(12)13-5-3-7-15-9-13/h3,5,7,9,12,14H,2,4,6,8,10-11H2,1H3. The van der Waals surface area contributed by atoms with E-state index in [1.54, 1.807) is 0 Å². The third-order valence-corrected chi connectivity index (χ3v) is 4.24. The minimum Gasteiger partial charge on any atom is -0.364 e. The van der Waals surface area contributed by atoms with Crippen LogP contribution in [-0.2, 0) is 0 Å². The lowest BCUT2D eigenvalue weighted by atomic mass is 10.0. The van der Waals surface area contributed by atoms with Crippen LogP contribution in [0.2, 0.25) is 0 Å². The molecule has 2 saturated heterocycles. The topological polar surface area (TPSA) is 19.4 Å². The number of nitrogens with zero attached hydrogens (tertiary/aromatic N) is 3. The largest absolute Gasteiger partial charge is 0.364 e. The van der Waals surface area contributed by atoms with Crippen LogP contribution in [0.25, 0.3) is 0 Å². The van der Waals surface area contributed by atoms with Crippen molar-refractivity contribution in [1.29, 1.82) is 0 Å². The maximum absolute atomic E-state index is 4.26. The number of hydrogen-bond donors (Lipinski definition) is 0. The van der Waals surface area contributed by atoms with Crippen LogP contribution < -0.4 is 4.90 Å². The first-order chi connectivity index (χ1) is 8.38. The molecule has 17 heavy (non-hydrogen) atoms. The van der Waals surface area contributed by atoms with Crippen molar-refractivity contribution >= 4 is 5.69 Å². The molecule has 3 rings (SSSR count). The minimum absolute atomic E-state index is 0.661. The first-order valence-corrected chi connectivity index (χ1v) is 6.79. The zero-order chi connectivity index (χ0) is 11.7. The van der Waals surface area contributed by atoms with E-state index in [9.17, 15) is 0 Å². The van der Waals surface area contributed by atoms with E-state index in [0.29, 0.717) is 6.04 Å². The molecule has 0 spiro atoms. The average Bonchev–Trinajstić information content (AvgIpc) is 2.85. The molecule has 1 aromatic heterocycles. The predicted octanol–water partition coefficient (Wildman–Crippen LogP) is 2.14. The van der Waals surface area contributed by atoms with Crippen molar-refractivity contribution in [2.45, 2.75) is 38.3 Å². The van der Waals surface area contributed by atoms with Gasteiger partial charge in [-0.1, -0.05) is 6.92 Å². The Balaban J connectivity index is 1.82. The van der Waals surface area contributed by atoms with Gasteiger partial charge in [0.05, 0.1) is 11.9 Å². The van der Waals surface area contributed by atoms with Gasteiger partial charge in [-0.15, -0.1) is 0 Å². The number of fused-ring (bicyclic) bond motifs is 1. The Morgan fingerprint density at radius 1 is 1.41 bits per heavy atom. The van der Waals surface area contributed by atoms with Crippen LogP contribution >= 0.6 is 0 Å². The van der Waals surface area contributed by atoms with Gasteiger partial charge < -0.3 is 4.90 Å². The summed E-state index contributed by atoms with van der Waals surface area (Å²) < 4.78 is 0. The first kappa shape index (κ1) is 11.0. The van der Waals surface area contributed by atoms with Crippen molar-refractivity contribution in [3.05, 3.63) is 24.5 Å². The maximum atomic E-state index is 4.26. The summed E-state index contributed by atoms with van der Waals surface area (Å²) in [7, 11) is 0. The fraction of sp³-hybridized carbons (Fsp3) is 0.643. The van der Waals surface area contributed by atoms with Crippen molar-refractivity contribution in [3.8, 4) is 0 Å². The Morgan fingerprint density at radius 2 is 2.35 bits per heavy atom. The molecule has 2 aliphatic rings. The highest BCUT2D eigenvalue weighted by Crippen LogP contribution is 2.29. The second kappa shape index (κ2) is 4.65. The van der Waals surface area contributed by atoms with E-state index in [1.165, 1.54) is 44.6 Å². The maximum Gasteiger partial charge on any atom is 0.0556 e. The Labute approximate surface area is 103 Å². The summed E-state index contributed by atoms with van der Waals surface area (Å²) in [5.74, 6) is 0. The number of piperazine rings is 1. The van der Waals surface area contributed by atoms with Gasteiger partial charge in [-0.3, -0.25) is 9.88 Å². The summed E-state index contributed by atoms with van der Waals surface area (Å²) >= 11 is 0. The van der Waals surface area contributed by atoms with E-state index in [-0.39, 0.29) is 0 Å². The molecule has 3 heteroatoms. The summed E-state index contributed by atoms with van der Waals surface area (Å²) in [4.78, 5) is 9.51. The zero-order valence-corrected chi connectivity index (χ0v) is 10.5. The number of anilines is 1. The number of hydrogen-bond acceptors (Lipinski definition) is 3. The third kappa shape index (κ3) is 2.04. The SMILES string of the molecule is CCC1CN2CCCC2CN1c1cccnc1. The number of rotatable bonds is 2. The van der Waals surface area contributed by atoms with Crippen LogP contribution in [0.15, 0.2) is 24.5 Å². The van der Waals surface area contributed by atoms with Gasteiger partial charge in [-0.2, -0.15) is 0 Å². The Bertz CT molecular complexity index is 365. The molecule has 0 radical (unpaired) electrons. The fourth-order valence-electron chi connectivity index (χ4n) is 3.28. The van der Waals surface area contributed by atoms with Crippen molar-refractivity contribution in [2.24, 2.45) is 0 Å². The lowest BCUT2D eigenvalue weighted by Crippen LogP contribution is -2.56. The molecule has 0 saturated carbocycles. The van der Waals surface area contributed by atoms with E-state index >= 15 is 0 Å². The Hall–Kier alpha value is -1.09. The zero-order valence-electron chi connectivity index (χ0n) is 10.5. The van der Waals surface area contributed by atoms with Crippen LogP contribution in [0.1, 0.15) is 26.2 Å². The average molecular weight is 231 g/mol. The van der Waals surface area contributed by atoms with E-state index in [4.69, 9.17) is 0 Å². The summed E-state index contributed by atoms with van der Waals surface area (Å²) in [5.41, 5.74) is 1.30. The van der Waals surface area contributed by atoms with Crippen molar-refractivity contribution in [2.75, 3.05) is 24.5 Å². The molecular formula is C14H21N3. The Morgan fingerprint density at radius 3 is 3.12 bits per heavy atom. The van der Waals surface area contributed by atoms with Crippen LogP contribution in [-0.4, -0.2) is 41.6 Å². The van der Waals surface area contributed by atoms with Gasteiger partial charge in [-0.25, -0.2) is 0 Å². The quantitative estimate of drug-likeness (QED) is 0.777. The molecule has 0 bridgehead atoms. The van der Waals surface area contributed by atoms with Crippen LogP contribution in [0.4, 0.5) is 5.69 Å². The van der Waals surface area contributed by atoms with E-state index < -0.39 is 0 Å². The van der Waals surface area contributed by atoms with Crippen molar-refractivity contribution in [3.63, 3.8) is 0 Å². The number of aromatic nitrogens is 1. The lowest BCUT2D eigenvalue weighted by molar-refractivity contribution is 0.194. The monoisotopic (exact) mass is 231 g/mol. The van der Waals surface area contributed by atoms with Gasteiger partial charge in [0.25, 0.3) is 0 Å². The van der Waals surface area contributed by atoms with E-state index in [0.717, 1.165) is 6.04 Å². The van der Waals surface area contributed by atoms with Crippen LogP contribution in [0, 0.1) is 0 Å². The van der Waals surface area contributed by atoms with Crippen LogP contribution in [0.5, 0.6) is 0 Å². The summed E-state index contributed by atoms with van der Waals surface area (Å²) in [6, 6.07) is 5.68. The molecule has 0 aliphatic carbocycles. The van der Waals surface area contributed by atoms with Crippen molar-refractivity contribution in [1.82, 2.24) is 9.88 Å². The molecule has 1 aromatic rings. The Kier molecular flexibility index (Phi) is 3.02. The van der Waals surface area contributed by atoms with Crippen LogP contribution in [0.3, 0.4) is 0 Å². The highest BCUT2D eigenvalue weighted by atomic mass is 15.3. The summed E-state index contributed by atoms with van der Waals surface area (Å²) in [6.45, 7) is 6.02. The van der Waals surface area contributed by atoms with Gasteiger partial charge in [0, 0.05) is 31.4 Å². The fourth-order valence-corrected chi connectivity index (χ4v) is 3.28. The summed E-state index contributed by atoms with van der Waals surface area (Å²) in [6.07, 6.45) is 7.83. The highest BCUT2D eigenvalue weighted by Gasteiger charge is 2.35. The van der Waals surface area contributed by atoms with Gasteiger partial charge in [0.15, 0.2) is 0 Å². The van der Waals surface area contributed by atoms with Gasteiger partial charge in [-0.05, 0) is 37.9 Å². The molecule has 2 fully saturated rings. The molecule has 0 amide bonds. The lowest BCUT2D eigenvalue weighted by Gasteiger charge is -2.44. The van der Waals surface area contributed by atoms with Gasteiger partial charge in [0.2, 0.25) is 0 Å². The summed E-state index contributed by atoms with van der Waals surface area (Å²) in [5, 5.41) is 0.